The van der Waals surface area contributed by atoms with Gasteiger partial charge in [0.1, 0.15) is 6.04 Å². The van der Waals surface area contributed by atoms with E-state index in [2.05, 4.69) is 10.2 Å². The summed E-state index contributed by atoms with van der Waals surface area (Å²) in [6, 6.07) is -0.0702. The van der Waals surface area contributed by atoms with Gasteiger partial charge in [0.25, 0.3) is 0 Å². The summed E-state index contributed by atoms with van der Waals surface area (Å²) >= 11 is 2.03. The molecule has 1 unspecified atom stereocenters. The number of carbonyl (C=O) groups excluding carboxylic acids is 1. The maximum absolute atomic E-state index is 11.6. The van der Waals surface area contributed by atoms with Crippen LogP contribution in [0.25, 0.3) is 0 Å². The average molecular weight is 258 g/mol. The summed E-state index contributed by atoms with van der Waals surface area (Å²) in [5, 5.41) is 3.36. The first-order valence-electron chi connectivity index (χ1n) is 6.42. The lowest BCUT2D eigenvalue weighted by atomic mass is 10.2. The lowest BCUT2D eigenvalue weighted by molar-refractivity contribution is -0.143. The van der Waals surface area contributed by atoms with Crippen LogP contribution in [0.3, 0.4) is 0 Å². The molecule has 1 heterocycles. The lowest BCUT2D eigenvalue weighted by Gasteiger charge is -2.27. The number of thioether (sulfide) groups is 1. The fourth-order valence-corrected chi connectivity index (χ4v) is 3.18. The van der Waals surface area contributed by atoms with E-state index in [-0.39, 0.29) is 12.0 Å². The summed E-state index contributed by atoms with van der Waals surface area (Å²) in [5.41, 5.74) is 0. The van der Waals surface area contributed by atoms with Crippen LogP contribution in [-0.2, 0) is 9.53 Å². The van der Waals surface area contributed by atoms with Crippen LogP contribution in [0.15, 0.2) is 0 Å². The van der Waals surface area contributed by atoms with E-state index in [0.29, 0.717) is 5.92 Å². The van der Waals surface area contributed by atoms with Crippen molar-refractivity contribution in [2.24, 2.45) is 5.92 Å². The molecule has 0 bridgehead atoms. The maximum Gasteiger partial charge on any atom is 0.323 e. The summed E-state index contributed by atoms with van der Waals surface area (Å²) in [6.45, 7) is 4.29. The highest BCUT2D eigenvalue weighted by atomic mass is 32.2. The highest BCUT2D eigenvalue weighted by Gasteiger charge is 2.36. The Labute approximate surface area is 107 Å². The fraction of sp³-hybridized carbons (Fsp3) is 0.917. The number of methoxy groups -OCH3 is 1. The predicted molar refractivity (Wildman–Crippen MR) is 70.3 cm³/mol. The molecule has 1 aliphatic carbocycles. The largest absolute Gasteiger partial charge is 0.468 e. The highest BCUT2D eigenvalue weighted by molar-refractivity contribution is 7.99. The van der Waals surface area contributed by atoms with Crippen LogP contribution in [-0.4, -0.2) is 61.7 Å². The van der Waals surface area contributed by atoms with Crippen molar-refractivity contribution in [1.82, 2.24) is 10.2 Å². The Bertz CT molecular complexity index is 253. The van der Waals surface area contributed by atoms with Gasteiger partial charge in [-0.25, -0.2) is 0 Å². The van der Waals surface area contributed by atoms with Crippen molar-refractivity contribution < 1.29 is 9.53 Å². The van der Waals surface area contributed by atoms with Gasteiger partial charge in [-0.15, -0.1) is 0 Å². The molecule has 0 aromatic rings. The predicted octanol–water partition coefficient (Wildman–Crippen LogP) is 0.576. The van der Waals surface area contributed by atoms with Crippen LogP contribution in [0.4, 0.5) is 0 Å². The van der Waals surface area contributed by atoms with Crippen LogP contribution in [0, 0.1) is 5.92 Å². The third kappa shape index (κ3) is 4.16. The SMILES string of the molecule is COC(=O)C(NCCN1CCSCC1)C1CC1. The van der Waals surface area contributed by atoms with Gasteiger partial charge in [-0.3, -0.25) is 4.79 Å². The number of rotatable bonds is 6. The Kier molecular flexibility index (Phi) is 5.13. The zero-order valence-corrected chi connectivity index (χ0v) is 11.3. The molecule has 98 valence electrons. The Hall–Kier alpha value is -0.260. The van der Waals surface area contributed by atoms with Crippen LogP contribution >= 0.6 is 11.8 Å². The lowest BCUT2D eigenvalue weighted by Crippen LogP contribution is -2.44. The normalized spacial score (nSPS) is 23.4. The molecule has 4 nitrogen and oxygen atoms in total. The molecule has 1 N–H and O–H groups in total. The number of hydrogen-bond acceptors (Lipinski definition) is 5. The van der Waals surface area contributed by atoms with Crippen LogP contribution in [0.2, 0.25) is 0 Å². The molecule has 2 rings (SSSR count). The highest BCUT2D eigenvalue weighted by Crippen LogP contribution is 2.33. The zero-order chi connectivity index (χ0) is 12.1. The second-order valence-corrected chi connectivity index (χ2v) is 5.97. The molecule has 0 aromatic carbocycles. The molecule has 0 aromatic heterocycles. The Morgan fingerprint density at radius 3 is 2.76 bits per heavy atom. The Morgan fingerprint density at radius 1 is 1.47 bits per heavy atom. The number of carbonyl (C=O) groups is 1. The minimum Gasteiger partial charge on any atom is -0.468 e. The van der Waals surface area contributed by atoms with E-state index in [4.69, 9.17) is 4.74 Å². The molecule has 1 saturated heterocycles. The molecule has 2 fully saturated rings. The number of nitrogens with one attached hydrogen (secondary N) is 1. The summed E-state index contributed by atoms with van der Waals surface area (Å²) in [6.07, 6.45) is 2.32. The van der Waals surface area contributed by atoms with Crippen molar-refractivity contribution in [1.29, 1.82) is 0 Å². The third-order valence-corrected chi connectivity index (χ3v) is 4.39. The quantitative estimate of drug-likeness (QED) is 0.706. The molecule has 1 atom stereocenters. The van der Waals surface area contributed by atoms with Gasteiger partial charge in [-0.05, 0) is 18.8 Å². The first-order valence-corrected chi connectivity index (χ1v) is 7.58. The number of nitrogens with zero attached hydrogens (tertiary/aromatic N) is 1. The molecular weight excluding hydrogens is 236 g/mol. The standard InChI is InChI=1S/C12H22N2O2S/c1-16-12(15)11(10-2-3-10)13-4-5-14-6-8-17-9-7-14/h10-11,13H,2-9H2,1H3. The minimum absolute atomic E-state index is 0.0702. The molecule has 1 aliphatic heterocycles. The van der Waals surface area contributed by atoms with Crippen molar-refractivity contribution in [3.8, 4) is 0 Å². The molecular formula is C12H22N2O2S. The van der Waals surface area contributed by atoms with Crippen molar-refractivity contribution in [2.75, 3.05) is 44.8 Å². The van der Waals surface area contributed by atoms with Crippen LogP contribution in [0.1, 0.15) is 12.8 Å². The van der Waals surface area contributed by atoms with E-state index in [0.717, 1.165) is 25.9 Å². The van der Waals surface area contributed by atoms with Gasteiger partial charge in [0.2, 0.25) is 0 Å². The van der Waals surface area contributed by atoms with Crippen LogP contribution in [0.5, 0.6) is 0 Å². The summed E-state index contributed by atoms with van der Waals surface area (Å²) in [4.78, 5) is 14.0. The van der Waals surface area contributed by atoms with Crippen molar-refractivity contribution in [3.05, 3.63) is 0 Å². The van der Waals surface area contributed by atoms with Gasteiger partial charge >= 0.3 is 5.97 Å². The van der Waals surface area contributed by atoms with E-state index >= 15 is 0 Å². The van der Waals surface area contributed by atoms with E-state index in [1.54, 1.807) is 0 Å². The smallest absolute Gasteiger partial charge is 0.323 e. The second-order valence-electron chi connectivity index (χ2n) is 4.75. The van der Waals surface area contributed by atoms with Gasteiger partial charge in [-0.1, -0.05) is 0 Å². The summed E-state index contributed by atoms with van der Waals surface area (Å²) in [5.74, 6) is 2.90. The van der Waals surface area contributed by atoms with Crippen molar-refractivity contribution in [2.45, 2.75) is 18.9 Å². The minimum atomic E-state index is -0.0956. The van der Waals surface area contributed by atoms with Gasteiger partial charge in [0, 0.05) is 37.7 Å². The first-order chi connectivity index (χ1) is 8.31. The molecule has 1 saturated carbocycles. The number of hydrogen-bond donors (Lipinski definition) is 1. The van der Waals surface area contributed by atoms with Gasteiger partial charge in [0.15, 0.2) is 0 Å². The molecule has 5 heteroatoms. The summed E-state index contributed by atoms with van der Waals surface area (Å²) < 4.78 is 4.84. The third-order valence-electron chi connectivity index (χ3n) is 3.44. The van der Waals surface area contributed by atoms with Crippen LogP contribution < -0.4 is 5.32 Å². The van der Waals surface area contributed by atoms with Crippen molar-refractivity contribution in [3.63, 3.8) is 0 Å². The Balaban J connectivity index is 1.66. The fourth-order valence-electron chi connectivity index (χ4n) is 2.20. The molecule has 0 amide bonds. The van der Waals surface area contributed by atoms with E-state index < -0.39 is 0 Å². The monoisotopic (exact) mass is 258 g/mol. The topological polar surface area (TPSA) is 41.6 Å². The molecule has 2 aliphatic rings. The number of ether oxygens (including phenoxy) is 1. The van der Waals surface area contributed by atoms with Gasteiger partial charge in [0.05, 0.1) is 7.11 Å². The number of esters is 1. The van der Waals surface area contributed by atoms with E-state index in [9.17, 15) is 4.79 Å². The summed E-state index contributed by atoms with van der Waals surface area (Å²) in [7, 11) is 1.47. The molecule has 0 spiro atoms. The second kappa shape index (κ2) is 6.61. The maximum atomic E-state index is 11.6. The first kappa shape index (κ1) is 13.2. The molecule has 0 radical (unpaired) electrons. The van der Waals surface area contributed by atoms with Gasteiger partial charge in [-0.2, -0.15) is 11.8 Å². The Morgan fingerprint density at radius 2 is 2.18 bits per heavy atom. The average Bonchev–Trinajstić information content (AvgIpc) is 3.19. The van der Waals surface area contributed by atoms with E-state index in [1.807, 2.05) is 11.8 Å². The van der Waals surface area contributed by atoms with Gasteiger partial charge < -0.3 is 15.0 Å². The molecule has 17 heavy (non-hydrogen) atoms. The van der Waals surface area contributed by atoms with E-state index in [1.165, 1.54) is 31.7 Å². The zero-order valence-electron chi connectivity index (χ0n) is 10.5. The van der Waals surface area contributed by atoms with Crippen molar-refractivity contribution >= 4 is 17.7 Å².